The molecule has 4 aliphatic carbocycles. The van der Waals surface area contributed by atoms with Crippen LogP contribution in [0.5, 0.6) is 5.75 Å². The van der Waals surface area contributed by atoms with Crippen LogP contribution in [0.2, 0.25) is 0 Å². The first-order chi connectivity index (χ1) is 20.3. The van der Waals surface area contributed by atoms with Gasteiger partial charge in [0.05, 0.1) is 10.2 Å². The number of hydrogen-bond acceptors (Lipinski definition) is 4. The van der Waals surface area contributed by atoms with Crippen molar-refractivity contribution in [3.8, 4) is 5.75 Å². The Morgan fingerprint density at radius 1 is 0.929 bits per heavy atom. The van der Waals surface area contributed by atoms with Crippen LogP contribution in [0.3, 0.4) is 0 Å². The van der Waals surface area contributed by atoms with Crippen molar-refractivity contribution >= 4 is 45.5 Å². The minimum atomic E-state index is -0.761. The average Bonchev–Trinajstić information content (AvgIpc) is 2.95. The molecule has 3 aromatic carbocycles. The van der Waals surface area contributed by atoms with Gasteiger partial charge in [0.25, 0.3) is 11.8 Å². The number of amides is 4. The quantitative estimate of drug-likeness (QED) is 0.229. The van der Waals surface area contributed by atoms with Gasteiger partial charge in [-0.1, -0.05) is 36.4 Å². The second-order valence-corrected chi connectivity index (χ2v) is 13.1. The number of carbonyl (C=O) groups excluding carboxylic acids is 3. The molecule has 42 heavy (non-hydrogen) atoms. The van der Waals surface area contributed by atoms with Crippen LogP contribution in [0.4, 0.5) is 14.9 Å². The summed E-state index contributed by atoms with van der Waals surface area (Å²) in [5.74, 6) is 1.16. The summed E-state index contributed by atoms with van der Waals surface area (Å²) in [6.07, 6.45) is 9.23. The molecule has 0 aromatic heterocycles. The zero-order valence-corrected chi connectivity index (χ0v) is 24.5. The van der Waals surface area contributed by atoms with E-state index in [1.807, 2.05) is 12.1 Å². The van der Waals surface area contributed by atoms with Gasteiger partial charge in [-0.25, -0.2) is 14.1 Å². The van der Waals surface area contributed by atoms with E-state index in [0.717, 1.165) is 22.7 Å². The van der Waals surface area contributed by atoms with Crippen LogP contribution in [0.1, 0.15) is 55.2 Å². The van der Waals surface area contributed by atoms with Gasteiger partial charge in [0.15, 0.2) is 0 Å². The summed E-state index contributed by atoms with van der Waals surface area (Å²) in [4.78, 5) is 40.1. The molecule has 1 heterocycles. The standard InChI is InChI=1S/C34H30BrFN2O4/c35-28-15-20(5-10-30(28)42-19-24-3-1-2-4-29(24)36)14-27-31(39)37-33(41)38(32(27)40)26-8-6-25(7-9-26)34-16-21-11-22(17-34)13-23(12-21)18-34/h1-10,14-15,21-23H,11-13,16-19H2,(H,37,39,41)/b27-14+. The zero-order valence-electron chi connectivity index (χ0n) is 22.9. The number of ether oxygens (including phenoxy) is 1. The number of barbiturate groups is 1. The fraction of sp³-hybridized carbons (Fsp3) is 0.324. The van der Waals surface area contributed by atoms with E-state index in [-0.39, 0.29) is 23.4 Å². The van der Waals surface area contributed by atoms with Crippen molar-refractivity contribution in [2.75, 3.05) is 4.90 Å². The Morgan fingerprint density at radius 2 is 1.60 bits per heavy atom. The van der Waals surface area contributed by atoms with Crippen LogP contribution in [0, 0.1) is 23.6 Å². The maximum atomic E-state index is 13.9. The topological polar surface area (TPSA) is 75.7 Å². The first kappa shape index (κ1) is 27.1. The first-order valence-electron chi connectivity index (χ1n) is 14.5. The molecule has 4 saturated carbocycles. The minimum Gasteiger partial charge on any atom is -0.488 e. The van der Waals surface area contributed by atoms with E-state index in [2.05, 4.69) is 33.4 Å². The number of carbonyl (C=O) groups is 3. The molecule has 0 unspecified atom stereocenters. The third-order valence-electron chi connectivity index (χ3n) is 9.49. The lowest BCUT2D eigenvalue weighted by Gasteiger charge is -2.57. The summed E-state index contributed by atoms with van der Waals surface area (Å²) in [7, 11) is 0. The van der Waals surface area contributed by atoms with E-state index >= 15 is 0 Å². The summed E-state index contributed by atoms with van der Waals surface area (Å²) in [5, 5.41) is 2.31. The molecule has 4 amide bonds. The summed E-state index contributed by atoms with van der Waals surface area (Å²) in [6, 6.07) is 18.5. The first-order valence-corrected chi connectivity index (χ1v) is 15.2. The van der Waals surface area contributed by atoms with Crippen LogP contribution >= 0.6 is 15.9 Å². The minimum absolute atomic E-state index is 0.0470. The lowest BCUT2D eigenvalue weighted by atomic mass is 9.48. The van der Waals surface area contributed by atoms with Gasteiger partial charge in [-0.3, -0.25) is 14.9 Å². The van der Waals surface area contributed by atoms with Crippen LogP contribution in [-0.4, -0.2) is 17.8 Å². The van der Waals surface area contributed by atoms with Gasteiger partial charge in [-0.15, -0.1) is 0 Å². The lowest BCUT2D eigenvalue weighted by Crippen LogP contribution is -2.54. The monoisotopic (exact) mass is 628 g/mol. The van der Waals surface area contributed by atoms with E-state index in [1.165, 1.54) is 56.2 Å². The molecule has 8 heteroatoms. The van der Waals surface area contributed by atoms with Crippen LogP contribution < -0.4 is 15.0 Å². The Morgan fingerprint density at radius 3 is 2.24 bits per heavy atom. The number of nitrogens with one attached hydrogen (secondary N) is 1. The van der Waals surface area contributed by atoms with E-state index in [0.29, 0.717) is 27.0 Å². The predicted octanol–water partition coefficient (Wildman–Crippen LogP) is 7.30. The van der Waals surface area contributed by atoms with Crippen molar-refractivity contribution in [3.05, 3.63) is 99.3 Å². The highest BCUT2D eigenvalue weighted by molar-refractivity contribution is 9.10. The SMILES string of the molecule is O=C1NC(=O)N(c2ccc(C34CC5CC(CC(C5)C3)C4)cc2)C(=O)/C1=C/c1ccc(OCc2ccccc2F)c(Br)c1. The van der Waals surface area contributed by atoms with Crippen LogP contribution in [0.15, 0.2) is 76.8 Å². The number of anilines is 1. The molecular weight excluding hydrogens is 599 g/mol. The van der Waals surface area contributed by atoms with Gasteiger partial charge in [-0.2, -0.15) is 0 Å². The van der Waals surface area contributed by atoms with Gasteiger partial charge >= 0.3 is 6.03 Å². The smallest absolute Gasteiger partial charge is 0.335 e. The van der Waals surface area contributed by atoms with Crippen molar-refractivity contribution in [2.24, 2.45) is 17.8 Å². The second-order valence-electron chi connectivity index (χ2n) is 12.3. The number of urea groups is 1. The van der Waals surface area contributed by atoms with E-state index in [9.17, 15) is 18.8 Å². The predicted molar refractivity (Wildman–Crippen MR) is 160 cm³/mol. The van der Waals surface area contributed by atoms with Gasteiger partial charge in [0.2, 0.25) is 0 Å². The molecule has 1 N–H and O–H groups in total. The number of halogens is 2. The fourth-order valence-corrected chi connectivity index (χ4v) is 8.49. The van der Waals surface area contributed by atoms with Crippen molar-refractivity contribution in [3.63, 3.8) is 0 Å². The Kier molecular flexibility index (Phi) is 6.76. The molecule has 3 aromatic rings. The normalized spacial score (nSPS) is 27.5. The highest BCUT2D eigenvalue weighted by Crippen LogP contribution is 2.60. The molecule has 1 aliphatic heterocycles. The average molecular weight is 630 g/mol. The highest BCUT2D eigenvalue weighted by atomic mass is 79.9. The molecule has 4 bridgehead atoms. The number of hydrogen-bond donors (Lipinski definition) is 1. The Balaban J connectivity index is 1.10. The Hall–Kier alpha value is -3.78. The number of nitrogens with zero attached hydrogens (tertiary/aromatic N) is 1. The van der Waals surface area contributed by atoms with Crippen molar-refractivity contribution in [2.45, 2.75) is 50.5 Å². The molecule has 0 atom stereocenters. The van der Waals surface area contributed by atoms with Crippen molar-refractivity contribution < 1.29 is 23.5 Å². The molecule has 0 spiro atoms. The number of benzene rings is 3. The fourth-order valence-electron chi connectivity index (χ4n) is 7.98. The van der Waals surface area contributed by atoms with Gasteiger partial charge in [-0.05, 0) is 125 Å². The number of imide groups is 2. The molecule has 6 nitrogen and oxygen atoms in total. The summed E-state index contributed by atoms with van der Waals surface area (Å²) < 4.78 is 20.3. The number of rotatable bonds is 6. The summed E-state index contributed by atoms with van der Waals surface area (Å²) >= 11 is 3.46. The van der Waals surface area contributed by atoms with Crippen LogP contribution in [0.25, 0.3) is 6.08 Å². The molecule has 5 aliphatic rings. The third kappa shape index (κ3) is 4.85. The Bertz CT molecular complexity index is 1600. The lowest BCUT2D eigenvalue weighted by molar-refractivity contribution is -0.122. The van der Waals surface area contributed by atoms with Gasteiger partial charge in [0, 0.05) is 5.56 Å². The van der Waals surface area contributed by atoms with Crippen molar-refractivity contribution in [1.29, 1.82) is 0 Å². The largest absolute Gasteiger partial charge is 0.488 e. The third-order valence-corrected chi connectivity index (χ3v) is 10.1. The van der Waals surface area contributed by atoms with E-state index < -0.39 is 17.8 Å². The zero-order chi connectivity index (χ0) is 29.0. The summed E-state index contributed by atoms with van der Waals surface area (Å²) in [6.45, 7) is 0.0470. The molecule has 5 fully saturated rings. The molecular formula is C34H30BrFN2O4. The molecule has 8 rings (SSSR count). The molecule has 1 saturated heterocycles. The second kappa shape index (κ2) is 10.5. The molecule has 214 valence electrons. The highest BCUT2D eigenvalue weighted by Gasteiger charge is 2.51. The van der Waals surface area contributed by atoms with Crippen LogP contribution in [-0.2, 0) is 21.6 Å². The summed E-state index contributed by atoms with van der Waals surface area (Å²) in [5.41, 5.74) is 2.78. The van der Waals surface area contributed by atoms with E-state index in [1.54, 1.807) is 36.4 Å². The van der Waals surface area contributed by atoms with Crippen molar-refractivity contribution in [1.82, 2.24) is 5.32 Å². The maximum Gasteiger partial charge on any atom is 0.335 e. The van der Waals surface area contributed by atoms with Gasteiger partial charge in [0.1, 0.15) is 23.7 Å². The van der Waals surface area contributed by atoms with Gasteiger partial charge < -0.3 is 4.74 Å². The Labute approximate surface area is 252 Å². The molecule has 0 radical (unpaired) electrons. The maximum absolute atomic E-state index is 13.9. The van der Waals surface area contributed by atoms with E-state index in [4.69, 9.17) is 4.74 Å².